The summed E-state index contributed by atoms with van der Waals surface area (Å²) in [5, 5.41) is 2.27. The summed E-state index contributed by atoms with van der Waals surface area (Å²) in [7, 11) is 0. The molecule has 3 heterocycles. The summed E-state index contributed by atoms with van der Waals surface area (Å²) < 4.78 is 6.76. The van der Waals surface area contributed by atoms with E-state index in [2.05, 4.69) is 170 Å². The van der Waals surface area contributed by atoms with E-state index >= 15 is 0 Å². The predicted molar refractivity (Wildman–Crippen MR) is 228 cm³/mol. The summed E-state index contributed by atoms with van der Waals surface area (Å²) in [6.45, 7) is 6.23. The third-order valence-corrected chi connectivity index (χ3v) is 11.9. The Morgan fingerprint density at radius 3 is 2.05 bits per heavy atom. The molecule has 5 heteroatoms. The van der Waals surface area contributed by atoms with Gasteiger partial charge in [-0.05, 0) is 112 Å². The Labute approximate surface area is 331 Å². The van der Waals surface area contributed by atoms with E-state index in [1.54, 1.807) is 0 Å². The zero-order valence-corrected chi connectivity index (χ0v) is 31.8. The third kappa shape index (κ3) is 5.02. The maximum absolute atomic E-state index is 6.76. The second-order valence-electron chi connectivity index (χ2n) is 15.1. The molecule has 270 valence electrons. The molecule has 0 saturated carbocycles. The molecule has 57 heavy (non-hydrogen) atoms. The fourth-order valence-electron chi connectivity index (χ4n) is 9.16. The molecule has 0 amide bonds. The van der Waals surface area contributed by atoms with Crippen LogP contribution >= 0.6 is 0 Å². The Balaban J connectivity index is 1.10. The number of aryl methyl sites for hydroxylation is 2. The number of pyridine rings is 1. The number of para-hydroxylation sites is 1. The number of nitrogens with zero attached hydrogens (tertiary/aromatic N) is 4. The molecule has 2 aliphatic rings. The minimum atomic E-state index is -0.623. The Kier molecular flexibility index (Phi) is 7.35. The fourth-order valence-corrected chi connectivity index (χ4v) is 9.16. The monoisotopic (exact) mass is 732 g/mol. The molecule has 9 aromatic rings. The van der Waals surface area contributed by atoms with Gasteiger partial charge in [-0.1, -0.05) is 121 Å². The molecule has 1 aliphatic carbocycles. The quantitative estimate of drug-likeness (QED) is 0.180. The number of hydrogen-bond donors (Lipinski definition) is 0. The molecule has 0 N–H and O–H groups in total. The summed E-state index contributed by atoms with van der Waals surface area (Å²) in [6.07, 6.45) is 3.90. The van der Waals surface area contributed by atoms with E-state index in [4.69, 9.17) is 19.7 Å². The van der Waals surface area contributed by atoms with Gasteiger partial charge < -0.3 is 4.74 Å². The SMILES string of the molecule is Cc1nc(-c2ccc3c(c2)-c2ccccc2C32c3ccccc3Oc3ccc(-c4cccc(-c5cncc(C)c5C)c4)cc32)nc(-c2cccc3ccccc23)n1. The van der Waals surface area contributed by atoms with Gasteiger partial charge in [-0.25, -0.2) is 15.0 Å². The minimum Gasteiger partial charge on any atom is -0.457 e. The molecule has 1 aliphatic heterocycles. The maximum Gasteiger partial charge on any atom is 0.164 e. The third-order valence-electron chi connectivity index (χ3n) is 11.9. The molecule has 11 rings (SSSR count). The number of fused-ring (bicyclic) bond motifs is 10. The second-order valence-corrected chi connectivity index (χ2v) is 15.1. The number of benzene rings is 7. The van der Waals surface area contributed by atoms with Crippen molar-refractivity contribution < 1.29 is 4.74 Å². The van der Waals surface area contributed by atoms with Crippen LogP contribution < -0.4 is 4.74 Å². The fraction of sp³-hybridized carbons (Fsp3) is 0.0769. The lowest BCUT2D eigenvalue weighted by Crippen LogP contribution is -2.32. The summed E-state index contributed by atoms with van der Waals surface area (Å²) in [5.41, 5.74) is 15.3. The van der Waals surface area contributed by atoms with E-state index < -0.39 is 5.41 Å². The van der Waals surface area contributed by atoms with Crippen LogP contribution in [0.2, 0.25) is 0 Å². The van der Waals surface area contributed by atoms with Crippen molar-refractivity contribution in [2.75, 3.05) is 0 Å². The number of rotatable bonds is 4. The van der Waals surface area contributed by atoms with Gasteiger partial charge in [0, 0.05) is 40.2 Å². The molecule has 0 saturated heterocycles. The highest BCUT2D eigenvalue weighted by molar-refractivity contribution is 5.95. The molecule has 1 atom stereocenters. The highest BCUT2D eigenvalue weighted by Crippen LogP contribution is 2.62. The Morgan fingerprint density at radius 1 is 0.439 bits per heavy atom. The first-order chi connectivity index (χ1) is 28.0. The molecule has 0 fully saturated rings. The lowest BCUT2D eigenvalue weighted by molar-refractivity contribution is 0.436. The first-order valence-corrected chi connectivity index (χ1v) is 19.4. The first kappa shape index (κ1) is 33.1. The molecule has 7 aromatic carbocycles. The lowest BCUT2D eigenvalue weighted by Gasteiger charge is -2.39. The zero-order valence-electron chi connectivity index (χ0n) is 31.8. The van der Waals surface area contributed by atoms with Crippen LogP contribution in [-0.2, 0) is 5.41 Å². The molecule has 0 radical (unpaired) electrons. The summed E-state index contributed by atoms with van der Waals surface area (Å²) in [5.74, 6) is 3.72. The molecule has 2 aromatic heterocycles. The number of aromatic nitrogens is 4. The highest BCUT2D eigenvalue weighted by Gasteiger charge is 2.51. The van der Waals surface area contributed by atoms with Gasteiger partial charge in [-0.2, -0.15) is 0 Å². The Bertz CT molecular complexity index is 3110. The van der Waals surface area contributed by atoms with Gasteiger partial charge in [0.15, 0.2) is 11.6 Å². The lowest BCUT2D eigenvalue weighted by atomic mass is 9.65. The Morgan fingerprint density at radius 2 is 1.12 bits per heavy atom. The smallest absolute Gasteiger partial charge is 0.164 e. The largest absolute Gasteiger partial charge is 0.457 e. The molecule has 1 unspecified atom stereocenters. The van der Waals surface area contributed by atoms with Gasteiger partial charge in [0.1, 0.15) is 17.3 Å². The first-order valence-electron chi connectivity index (χ1n) is 19.4. The predicted octanol–water partition coefficient (Wildman–Crippen LogP) is 12.5. The van der Waals surface area contributed by atoms with Gasteiger partial charge in [0.2, 0.25) is 0 Å². The summed E-state index contributed by atoms with van der Waals surface area (Å²) in [4.78, 5) is 19.4. The second kappa shape index (κ2) is 12.7. The number of hydrogen-bond acceptors (Lipinski definition) is 5. The van der Waals surface area contributed by atoms with Crippen LogP contribution in [0.15, 0.2) is 164 Å². The van der Waals surface area contributed by atoms with Crippen molar-refractivity contribution in [1.82, 2.24) is 19.9 Å². The molecule has 0 bridgehead atoms. The van der Waals surface area contributed by atoms with E-state index in [1.165, 1.54) is 27.8 Å². The zero-order chi connectivity index (χ0) is 38.3. The van der Waals surface area contributed by atoms with E-state index in [1.807, 2.05) is 19.3 Å². The van der Waals surface area contributed by atoms with Crippen molar-refractivity contribution in [2.45, 2.75) is 26.2 Å². The van der Waals surface area contributed by atoms with Crippen LogP contribution in [0.3, 0.4) is 0 Å². The number of ether oxygens (including phenoxy) is 1. The van der Waals surface area contributed by atoms with E-state index in [-0.39, 0.29) is 0 Å². The van der Waals surface area contributed by atoms with Crippen LogP contribution in [0.5, 0.6) is 11.5 Å². The maximum atomic E-state index is 6.76. The average molecular weight is 733 g/mol. The van der Waals surface area contributed by atoms with Gasteiger partial charge in [0.05, 0.1) is 5.41 Å². The van der Waals surface area contributed by atoms with Crippen molar-refractivity contribution in [2.24, 2.45) is 0 Å². The van der Waals surface area contributed by atoms with Crippen molar-refractivity contribution in [1.29, 1.82) is 0 Å². The van der Waals surface area contributed by atoms with Crippen molar-refractivity contribution in [3.63, 3.8) is 0 Å². The van der Waals surface area contributed by atoms with E-state index in [0.717, 1.165) is 72.3 Å². The standard InChI is InChI=1S/C52H36N4O/c1-31-29-53-30-43(32(31)2)37-15-10-14-35(26-37)36-23-25-49-47(28-36)52(46-20-8-9-21-48(46)57-49)44-19-7-6-17-40(44)42-27-38(22-24-45(42)52)50-54-33(3)55-51(56-50)41-18-11-13-34-12-4-5-16-39(34)41/h4-30H,1-3H3. The molecular weight excluding hydrogens is 697 g/mol. The van der Waals surface area contributed by atoms with Crippen molar-refractivity contribution >= 4 is 10.8 Å². The molecule has 1 spiro atoms. The minimum absolute atomic E-state index is 0.623. The topological polar surface area (TPSA) is 60.8 Å². The Hall–Kier alpha value is -7.24. The van der Waals surface area contributed by atoms with E-state index in [9.17, 15) is 0 Å². The van der Waals surface area contributed by atoms with Crippen LogP contribution in [0.4, 0.5) is 0 Å². The van der Waals surface area contributed by atoms with Gasteiger partial charge >= 0.3 is 0 Å². The summed E-state index contributed by atoms with van der Waals surface area (Å²) >= 11 is 0. The highest BCUT2D eigenvalue weighted by atomic mass is 16.5. The average Bonchev–Trinajstić information content (AvgIpc) is 3.54. The van der Waals surface area contributed by atoms with Gasteiger partial charge in [-0.15, -0.1) is 0 Å². The summed E-state index contributed by atoms with van der Waals surface area (Å²) in [6, 6.07) is 54.2. The van der Waals surface area contributed by atoms with Crippen LogP contribution in [-0.4, -0.2) is 19.9 Å². The molecular formula is C52H36N4O. The van der Waals surface area contributed by atoms with Gasteiger partial charge in [-0.3, -0.25) is 4.98 Å². The van der Waals surface area contributed by atoms with Gasteiger partial charge in [0.25, 0.3) is 0 Å². The van der Waals surface area contributed by atoms with Crippen molar-refractivity contribution in [3.05, 3.63) is 203 Å². The van der Waals surface area contributed by atoms with Crippen LogP contribution in [0, 0.1) is 20.8 Å². The van der Waals surface area contributed by atoms with Crippen molar-refractivity contribution in [3.8, 4) is 67.7 Å². The van der Waals surface area contributed by atoms with E-state index in [0.29, 0.717) is 17.5 Å². The normalized spacial score (nSPS) is 14.8. The molecule has 5 nitrogen and oxygen atoms in total. The van der Waals surface area contributed by atoms with Crippen LogP contribution in [0.25, 0.3) is 66.9 Å². The van der Waals surface area contributed by atoms with Crippen LogP contribution in [0.1, 0.15) is 39.2 Å².